The van der Waals surface area contributed by atoms with Gasteiger partial charge in [-0.3, -0.25) is 14.5 Å². The zero-order valence-electron chi connectivity index (χ0n) is 13.4. The Hall–Kier alpha value is -2.77. The molecule has 0 unspecified atom stereocenters. The molecule has 0 aromatic heterocycles. The highest BCUT2D eigenvalue weighted by atomic mass is 16.5. The minimum atomic E-state index is -1.04. The molecule has 0 radical (unpaired) electrons. The quantitative estimate of drug-likeness (QED) is 0.803. The van der Waals surface area contributed by atoms with Gasteiger partial charge < -0.3 is 19.5 Å². The average molecular weight is 334 g/mol. The summed E-state index contributed by atoms with van der Waals surface area (Å²) in [5.41, 5.74) is 1.82. The third-order valence-corrected chi connectivity index (χ3v) is 4.41. The van der Waals surface area contributed by atoms with Gasteiger partial charge in [0.25, 0.3) is 5.91 Å². The summed E-state index contributed by atoms with van der Waals surface area (Å²) in [7, 11) is 3.07. The van der Waals surface area contributed by atoms with Crippen LogP contribution in [0.3, 0.4) is 0 Å². The number of methoxy groups -OCH3 is 2. The third kappa shape index (κ3) is 2.53. The lowest BCUT2D eigenvalue weighted by Gasteiger charge is -2.29. The van der Waals surface area contributed by atoms with E-state index >= 15 is 0 Å². The number of carbonyl (C=O) groups is 3. The van der Waals surface area contributed by atoms with E-state index in [0.717, 1.165) is 16.0 Å². The molecule has 128 valence electrons. The zero-order chi connectivity index (χ0) is 17.4. The molecule has 0 aliphatic carbocycles. The van der Waals surface area contributed by atoms with Crippen molar-refractivity contribution in [3.63, 3.8) is 0 Å². The fourth-order valence-electron chi connectivity index (χ4n) is 3.18. The first kappa shape index (κ1) is 16.1. The summed E-state index contributed by atoms with van der Waals surface area (Å²) in [6, 6.07) is 2.61. The van der Waals surface area contributed by atoms with Gasteiger partial charge in [0.1, 0.15) is 6.04 Å². The molecule has 1 N–H and O–H groups in total. The van der Waals surface area contributed by atoms with Gasteiger partial charge in [0.05, 0.1) is 20.6 Å². The van der Waals surface area contributed by atoms with E-state index in [1.54, 1.807) is 0 Å². The van der Waals surface area contributed by atoms with Crippen LogP contribution >= 0.6 is 0 Å². The number of aliphatic carboxylic acids is 1. The van der Waals surface area contributed by atoms with Gasteiger partial charge in [0, 0.05) is 19.5 Å². The summed E-state index contributed by atoms with van der Waals surface area (Å²) in [4.78, 5) is 38.1. The Morgan fingerprint density at radius 1 is 1.21 bits per heavy atom. The van der Waals surface area contributed by atoms with E-state index in [-0.39, 0.29) is 25.4 Å². The molecule has 1 aromatic carbocycles. The number of nitrogens with zero attached hydrogens (tertiary/aromatic N) is 2. The number of ether oxygens (including phenoxy) is 2. The number of carbonyl (C=O) groups excluding carboxylic acids is 2. The second-order valence-corrected chi connectivity index (χ2v) is 5.74. The summed E-state index contributed by atoms with van der Waals surface area (Å²) >= 11 is 0. The molecule has 1 aromatic rings. The average Bonchev–Trinajstić information content (AvgIpc) is 2.80. The highest BCUT2D eigenvalue weighted by Gasteiger charge is 2.47. The minimum absolute atomic E-state index is 0.108. The van der Waals surface area contributed by atoms with Crippen LogP contribution in [0.4, 0.5) is 4.79 Å². The molecule has 0 bridgehead atoms. The second kappa shape index (κ2) is 6.03. The van der Waals surface area contributed by atoms with Crippen LogP contribution in [-0.2, 0) is 22.6 Å². The summed E-state index contributed by atoms with van der Waals surface area (Å²) in [6.07, 6.45) is 0.121. The molecule has 2 aliphatic heterocycles. The molecule has 3 amide bonds. The van der Waals surface area contributed by atoms with E-state index in [0.29, 0.717) is 17.9 Å². The fraction of sp³-hybridized carbons (Fsp3) is 0.438. The van der Waals surface area contributed by atoms with E-state index in [2.05, 4.69) is 0 Å². The molecular formula is C16H18N2O6. The van der Waals surface area contributed by atoms with Crippen LogP contribution in [0.15, 0.2) is 12.1 Å². The molecule has 2 aliphatic rings. The standard InChI is InChI=1S/C16H18N2O6/c1-23-12-6-9-5-11-15(21)17(4-3-14(19)20)16(22)18(11)8-10(9)7-13(12)24-2/h6-7,11H,3-5,8H2,1-2H3,(H,19,20)/t11-/m0/s1. The van der Waals surface area contributed by atoms with Gasteiger partial charge in [-0.25, -0.2) is 4.79 Å². The van der Waals surface area contributed by atoms with E-state index in [1.165, 1.54) is 19.1 Å². The van der Waals surface area contributed by atoms with Crippen LogP contribution in [0, 0.1) is 0 Å². The number of carboxylic acids is 1. The van der Waals surface area contributed by atoms with Crippen LogP contribution < -0.4 is 9.47 Å². The Kier molecular flexibility index (Phi) is 4.04. The third-order valence-electron chi connectivity index (χ3n) is 4.41. The van der Waals surface area contributed by atoms with Crippen LogP contribution in [-0.4, -0.2) is 59.6 Å². The second-order valence-electron chi connectivity index (χ2n) is 5.74. The molecule has 24 heavy (non-hydrogen) atoms. The normalized spacial score (nSPS) is 19.2. The van der Waals surface area contributed by atoms with E-state index in [9.17, 15) is 14.4 Å². The molecule has 1 fully saturated rings. The number of hydrogen-bond acceptors (Lipinski definition) is 5. The van der Waals surface area contributed by atoms with E-state index in [4.69, 9.17) is 14.6 Å². The summed E-state index contributed by atoms with van der Waals surface area (Å²) < 4.78 is 10.6. The van der Waals surface area contributed by atoms with Gasteiger partial charge in [-0.05, 0) is 23.3 Å². The molecule has 0 saturated carbocycles. The first-order valence-electron chi connectivity index (χ1n) is 7.53. The highest BCUT2D eigenvalue weighted by Crippen LogP contribution is 2.37. The van der Waals surface area contributed by atoms with Crippen molar-refractivity contribution in [2.24, 2.45) is 0 Å². The topological polar surface area (TPSA) is 96.4 Å². The Morgan fingerprint density at radius 3 is 2.42 bits per heavy atom. The number of benzene rings is 1. The van der Waals surface area contributed by atoms with Crippen LogP contribution in [0.1, 0.15) is 17.5 Å². The first-order chi connectivity index (χ1) is 11.5. The molecule has 2 heterocycles. The molecule has 8 nitrogen and oxygen atoms in total. The lowest BCUT2D eigenvalue weighted by atomic mass is 9.94. The number of carboxylic acid groups (broad SMARTS) is 1. The maximum absolute atomic E-state index is 12.5. The largest absolute Gasteiger partial charge is 0.493 e. The highest BCUT2D eigenvalue weighted by molar-refractivity contribution is 6.04. The SMILES string of the molecule is COc1cc2c(cc1OC)CN1C(=O)N(CCC(=O)O)C(=O)[C@@H]1C2. The molecular weight excluding hydrogens is 316 g/mol. The number of rotatable bonds is 5. The molecule has 1 saturated heterocycles. The van der Waals surface area contributed by atoms with Gasteiger partial charge >= 0.3 is 12.0 Å². The van der Waals surface area contributed by atoms with Crippen molar-refractivity contribution < 1.29 is 29.0 Å². The van der Waals surface area contributed by atoms with Crippen molar-refractivity contribution in [2.45, 2.75) is 25.4 Å². The van der Waals surface area contributed by atoms with Gasteiger partial charge in [0.15, 0.2) is 11.5 Å². The van der Waals surface area contributed by atoms with Crippen LogP contribution in [0.5, 0.6) is 11.5 Å². The lowest BCUT2D eigenvalue weighted by molar-refractivity contribution is -0.137. The number of urea groups is 1. The van der Waals surface area contributed by atoms with E-state index < -0.39 is 18.0 Å². The van der Waals surface area contributed by atoms with Crippen molar-refractivity contribution in [3.8, 4) is 11.5 Å². The van der Waals surface area contributed by atoms with Crippen molar-refractivity contribution in [3.05, 3.63) is 23.3 Å². The van der Waals surface area contributed by atoms with Crippen molar-refractivity contribution in [1.82, 2.24) is 9.80 Å². The monoisotopic (exact) mass is 334 g/mol. The predicted molar refractivity (Wildman–Crippen MR) is 81.9 cm³/mol. The molecule has 1 atom stereocenters. The lowest BCUT2D eigenvalue weighted by Crippen LogP contribution is -2.40. The van der Waals surface area contributed by atoms with Crippen molar-refractivity contribution in [2.75, 3.05) is 20.8 Å². The number of hydrogen-bond donors (Lipinski definition) is 1. The molecule has 8 heteroatoms. The summed E-state index contributed by atoms with van der Waals surface area (Å²) in [5.74, 6) is -0.250. The van der Waals surface area contributed by atoms with Gasteiger partial charge in [-0.2, -0.15) is 0 Å². The van der Waals surface area contributed by atoms with Crippen molar-refractivity contribution in [1.29, 1.82) is 0 Å². The predicted octanol–water partition coefficient (Wildman–Crippen LogP) is 0.867. The van der Waals surface area contributed by atoms with Gasteiger partial charge in [-0.15, -0.1) is 0 Å². The Morgan fingerprint density at radius 2 is 1.83 bits per heavy atom. The maximum Gasteiger partial charge on any atom is 0.327 e. The summed E-state index contributed by atoms with van der Waals surface area (Å²) in [6.45, 7) is 0.178. The van der Waals surface area contributed by atoms with E-state index in [1.807, 2.05) is 12.1 Å². The maximum atomic E-state index is 12.5. The first-order valence-corrected chi connectivity index (χ1v) is 7.53. The molecule has 3 rings (SSSR count). The number of imide groups is 1. The Labute approximate surface area is 138 Å². The Balaban J connectivity index is 1.88. The summed E-state index contributed by atoms with van der Waals surface area (Å²) in [5, 5.41) is 8.77. The number of fused-ring (bicyclic) bond motifs is 2. The van der Waals surface area contributed by atoms with Gasteiger partial charge in [-0.1, -0.05) is 0 Å². The zero-order valence-corrected chi connectivity index (χ0v) is 13.4. The van der Waals surface area contributed by atoms with Crippen molar-refractivity contribution >= 4 is 17.9 Å². The van der Waals surface area contributed by atoms with Crippen LogP contribution in [0.25, 0.3) is 0 Å². The minimum Gasteiger partial charge on any atom is -0.493 e. The Bertz CT molecular complexity index is 666. The van der Waals surface area contributed by atoms with Gasteiger partial charge in [0.2, 0.25) is 0 Å². The fourth-order valence-corrected chi connectivity index (χ4v) is 3.18. The molecule has 0 spiro atoms. The van der Waals surface area contributed by atoms with Crippen LogP contribution in [0.2, 0.25) is 0 Å². The smallest absolute Gasteiger partial charge is 0.327 e. The number of amides is 3.